The van der Waals surface area contributed by atoms with Crippen molar-refractivity contribution in [2.45, 2.75) is 39.0 Å². The average molecular weight is 376 g/mol. The van der Waals surface area contributed by atoms with E-state index in [2.05, 4.69) is 11.4 Å². The minimum absolute atomic E-state index is 0.349. The standard InChI is InChI=1S/C21H26ClNO3/c1-2-24-21-12-16(13-23-14-19-7-4-10-25-19)8-9-20(21)26-15-17-5-3-6-18(22)11-17/h3,5-6,8-9,11-12,19,23H,2,4,7,10,13-15H2,1H3/t19-/m0/s1. The maximum Gasteiger partial charge on any atom is 0.161 e. The summed E-state index contributed by atoms with van der Waals surface area (Å²) >= 11 is 6.03. The van der Waals surface area contributed by atoms with Crippen LogP contribution in [0.1, 0.15) is 30.9 Å². The summed E-state index contributed by atoms with van der Waals surface area (Å²) in [6, 6.07) is 13.8. The van der Waals surface area contributed by atoms with Crippen LogP contribution in [-0.4, -0.2) is 25.9 Å². The third kappa shape index (κ3) is 5.63. The van der Waals surface area contributed by atoms with Gasteiger partial charge in [-0.25, -0.2) is 0 Å². The van der Waals surface area contributed by atoms with Gasteiger partial charge in [-0.3, -0.25) is 0 Å². The molecule has 0 bridgehead atoms. The number of halogens is 1. The molecule has 3 rings (SSSR count). The first kappa shape index (κ1) is 19.0. The second kappa shape index (κ2) is 9.81. The first-order chi connectivity index (χ1) is 12.7. The molecule has 1 saturated heterocycles. The van der Waals surface area contributed by atoms with Crippen molar-refractivity contribution in [2.24, 2.45) is 0 Å². The highest BCUT2D eigenvalue weighted by molar-refractivity contribution is 6.30. The molecule has 0 saturated carbocycles. The molecule has 5 heteroatoms. The molecule has 1 atom stereocenters. The van der Waals surface area contributed by atoms with Gasteiger partial charge in [0.15, 0.2) is 11.5 Å². The fraction of sp³-hybridized carbons (Fsp3) is 0.429. The lowest BCUT2D eigenvalue weighted by molar-refractivity contribution is 0.110. The topological polar surface area (TPSA) is 39.7 Å². The Bertz CT molecular complexity index is 701. The van der Waals surface area contributed by atoms with Gasteiger partial charge in [-0.05, 0) is 55.2 Å². The van der Waals surface area contributed by atoms with Crippen LogP contribution in [0.2, 0.25) is 5.02 Å². The van der Waals surface area contributed by atoms with E-state index in [-0.39, 0.29) is 0 Å². The third-order valence-corrected chi connectivity index (χ3v) is 4.55. The summed E-state index contributed by atoms with van der Waals surface area (Å²) in [5.41, 5.74) is 2.20. The van der Waals surface area contributed by atoms with Gasteiger partial charge >= 0.3 is 0 Å². The van der Waals surface area contributed by atoms with Crippen LogP contribution in [0.5, 0.6) is 11.5 Å². The molecular formula is C21H26ClNO3. The van der Waals surface area contributed by atoms with E-state index in [1.165, 1.54) is 12.0 Å². The van der Waals surface area contributed by atoms with Crippen molar-refractivity contribution in [2.75, 3.05) is 19.8 Å². The van der Waals surface area contributed by atoms with Crippen molar-refractivity contribution >= 4 is 11.6 Å². The molecule has 1 aliphatic heterocycles. The molecule has 0 unspecified atom stereocenters. The average Bonchev–Trinajstić information content (AvgIpc) is 3.15. The Morgan fingerprint density at radius 1 is 1.12 bits per heavy atom. The minimum Gasteiger partial charge on any atom is -0.490 e. The summed E-state index contributed by atoms with van der Waals surface area (Å²) in [6.07, 6.45) is 2.66. The quantitative estimate of drug-likeness (QED) is 0.696. The lowest BCUT2D eigenvalue weighted by Gasteiger charge is -2.15. The molecule has 1 N–H and O–H groups in total. The zero-order chi connectivity index (χ0) is 18.2. The van der Waals surface area contributed by atoms with Gasteiger partial charge in [0.1, 0.15) is 6.61 Å². The highest BCUT2D eigenvalue weighted by atomic mass is 35.5. The largest absolute Gasteiger partial charge is 0.490 e. The highest BCUT2D eigenvalue weighted by Crippen LogP contribution is 2.29. The van der Waals surface area contributed by atoms with Crippen molar-refractivity contribution < 1.29 is 14.2 Å². The van der Waals surface area contributed by atoms with Crippen molar-refractivity contribution in [1.82, 2.24) is 5.32 Å². The second-order valence-corrected chi connectivity index (χ2v) is 6.84. The molecule has 1 aliphatic rings. The number of benzene rings is 2. The van der Waals surface area contributed by atoms with Gasteiger partial charge in [0.2, 0.25) is 0 Å². The van der Waals surface area contributed by atoms with E-state index in [1.54, 1.807) is 0 Å². The van der Waals surface area contributed by atoms with Crippen LogP contribution < -0.4 is 14.8 Å². The predicted octanol–water partition coefficient (Wildman–Crippen LogP) is 4.59. The number of rotatable bonds is 9. The zero-order valence-corrected chi connectivity index (χ0v) is 15.9. The lowest BCUT2D eigenvalue weighted by atomic mass is 10.2. The molecule has 140 valence electrons. The molecule has 4 nitrogen and oxygen atoms in total. The number of hydrogen-bond donors (Lipinski definition) is 1. The molecule has 0 radical (unpaired) electrons. The summed E-state index contributed by atoms with van der Waals surface area (Å²) in [6.45, 7) is 5.59. The van der Waals surface area contributed by atoms with Gasteiger partial charge in [-0.15, -0.1) is 0 Å². The Labute approximate surface area is 160 Å². The van der Waals surface area contributed by atoms with Gasteiger partial charge in [0.25, 0.3) is 0 Å². The Morgan fingerprint density at radius 2 is 2.04 bits per heavy atom. The minimum atomic E-state index is 0.349. The molecule has 0 aromatic heterocycles. The number of hydrogen-bond acceptors (Lipinski definition) is 4. The SMILES string of the molecule is CCOc1cc(CNC[C@@H]2CCCO2)ccc1OCc1cccc(Cl)c1. The maximum absolute atomic E-state index is 6.03. The van der Waals surface area contributed by atoms with Crippen LogP contribution in [-0.2, 0) is 17.9 Å². The second-order valence-electron chi connectivity index (χ2n) is 6.40. The van der Waals surface area contributed by atoms with E-state index in [1.807, 2.05) is 43.3 Å². The fourth-order valence-electron chi connectivity index (χ4n) is 3.02. The molecule has 1 heterocycles. The smallest absolute Gasteiger partial charge is 0.161 e. The Balaban J connectivity index is 1.58. The molecule has 0 aliphatic carbocycles. The Hall–Kier alpha value is -1.75. The molecular weight excluding hydrogens is 350 g/mol. The van der Waals surface area contributed by atoms with Crippen molar-refractivity contribution in [3.8, 4) is 11.5 Å². The summed E-state index contributed by atoms with van der Waals surface area (Å²) in [5, 5.41) is 4.17. The summed E-state index contributed by atoms with van der Waals surface area (Å²) in [5.74, 6) is 1.51. The fourth-order valence-corrected chi connectivity index (χ4v) is 3.23. The van der Waals surface area contributed by atoms with E-state index in [4.69, 9.17) is 25.8 Å². The molecule has 2 aromatic carbocycles. The van der Waals surface area contributed by atoms with Crippen LogP contribution >= 0.6 is 11.6 Å². The zero-order valence-electron chi connectivity index (χ0n) is 15.2. The Morgan fingerprint density at radius 3 is 2.81 bits per heavy atom. The first-order valence-electron chi connectivity index (χ1n) is 9.20. The van der Waals surface area contributed by atoms with E-state index >= 15 is 0 Å². The van der Waals surface area contributed by atoms with E-state index in [9.17, 15) is 0 Å². The summed E-state index contributed by atoms with van der Waals surface area (Å²) in [7, 11) is 0. The van der Waals surface area contributed by atoms with E-state index in [0.717, 1.165) is 43.2 Å². The monoisotopic (exact) mass is 375 g/mol. The molecule has 2 aromatic rings. The summed E-state index contributed by atoms with van der Waals surface area (Å²) < 4.78 is 17.4. The third-order valence-electron chi connectivity index (χ3n) is 4.32. The first-order valence-corrected chi connectivity index (χ1v) is 9.57. The van der Waals surface area contributed by atoms with Crippen molar-refractivity contribution in [3.05, 3.63) is 58.6 Å². The van der Waals surface area contributed by atoms with Crippen LogP contribution in [0, 0.1) is 0 Å². The van der Waals surface area contributed by atoms with Gasteiger partial charge in [0.05, 0.1) is 12.7 Å². The van der Waals surface area contributed by atoms with Gasteiger partial charge < -0.3 is 19.5 Å². The Kier molecular flexibility index (Phi) is 7.18. The molecule has 0 amide bonds. The van der Waals surface area contributed by atoms with E-state index in [0.29, 0.717) is 24.3 Å². The van der Waals surface area contributed by atoms with Crippen LogP contribution in [0.3, 0.4) is 0 Å². The van der Waals surface area contributed by atoms with E-state index < -0.39 is 0 Å². The highest BCUT2D eigenvalue weighted by Gasteiger charge is 2.14. The summed E-state index contributed by atoms with van der Waals surface area (Å²) in [4.78, 5) is 0. The number of nitrogens with one attached hydrogen (secondary N) is 1. The van der Waals surface area contributed by atoms with Gasteiger partial charge in [-0.1, -0.05) is 29.8 Å². The van der Waals surface area contributed by atoms with Gasteiger partial charge in [0, 0.05) is 24.7 Å². The number of ether oxygens (including phenoxy) is 3. The lowest BCUT2D eigenvalue weighted by Crippen LogP contribution is -2.25. The maximum atomic E-state index is 6.03. The van der Waals surface area contributed by atoms with Crippen LogP contribution in [0.25, 0.3) is 0 Å². The predicted molar refractivity (Wildman–Crippen MR) is 104 cm³/mol. The van der Waals surface area contributed by atoms with Crippen molar-refractivity contribution in [3.63, 3.8) is 0 Å². The van der Waals surface area contributed by atoms with Crippen molar-refractivity contribution in [1.29, 1.82) is 0 Å². The van der Waals surface area contributed by atoms with Crippen LogP contribution in [0.4, 0.5) is 0 Å². The molecule has 0 spiro atoms. The molecule has 26 heavy (non-hydrogen) atoms. The van der Waals surface area contributed by atoms with Gasteiger partial charge in [-0.2, -0.15) is 0 Å². The normalized spacial score (nSPS) is 16.6. The van der Waals surface area contributed by atoms with Crippen LogP contribution in [0.15, 0.2) is 42.5 Å². The molecule has 1 fully saturated rings.